The second kappa shape index (κ2) is 7.16. The molecule has 1 N–H and O–H groups in total. The Morgan fingerprint density at radius 1 is 1.13 bits per heavy atom. The minimum atomic E-state index is -0.155. The second-order valence-corrected chi connectivity index (χ2v) is 6.93. The van der Waals surface area contributed by atoms with Crippen molar-refractivity contribution in [2.45, 2.75) is 26.2 Å². The van der Waals surface area contributed by atoms with Crippen molar-refractivity contribution in [1.82, 2.24) is 0 Å². The predicted molar refractivity (Wildman–Crippen MR) is 99.8 cm³/mol. The lowest BCUT2D eigenvalue weighted by Gasteiger charge is -2.06. The van der Waals surface area contributed by atoms with Crippen molar-refractivity contribution in [1.29, 1.82) is 0 Å². The predicted octanol–water partition coefficient (Wildman–Crippen LogP) is 6.15. The van der Waals surface area contributed by atoms with Crippen LogP contribution in [0.5, 0.6) is 0 Å². The standard InChI is InChI=1S/C19H18ClNOS/c1-2-3-6-13-9-11-14(12-10-13)21-19(22)18-17(20)15-7-4-5-8-16(15)23-18/h4-5,7-12H,2-3,6H2,1H3,(H,21,22). The third kappa shape index (κ3) is 3.57. The molecule has 0 saturated carbocycles. The zero-order valence-corrected chi connectivity index (χ0v) is 14.5. The monoisotopic (exact) mass is 343 g/mol. The molecule has 0 spiro atoms. The molecule has 0 fully saturated rings. The van der Waals surface area contributed by atoms with E-state index in [2.05, 4.69) is 24.4 Å². The number of fused-ring (bicyclic) bond motifs is 1. The Morgan fingerprint density at radius 3 is 2.57 bits per heavy atom. The first-order chi connectivity index (χ1) is 11.2. The largest absolute Gasteiger partial charge is 0.321 e. The molecule has 0 aliphatic rings. The summed E-state index contributed by atoms with van der Waals surface area (Å²) >= 11 is 7.77. The molecule has 1 amide bonds. The van der Waals surface area contributed by atoms with Crippen molar-refractivity contribution < 1.29 is 4.79 Å². The maximum absolute atomic E-state index is 12.5. The molecule has 23 heavy (non-hydrogen) atoms. The van der Waals surface area contributed by atoms with Crippen LogP contribution < -0.4 is 5.32 Å². The number of halogens is 1. The van der Waals surface area contributed by atoms with Crippen LogP contribution in [0.15, 0.2) is 48.5 Å². The summed E-state index contributed by atoms with van der Waals surface area (Å²) in [5.74, 6) is -0.155. The van der Waals surface area contributed by atoms with Crippen LogP contribution in [0.25, 0.3) is 10.1 Å². The Balaban J connectivity index is 1.76. The summed E-state index contributed by atoms with van der Waals surface area (Å²) < 4.78 is 1.03. The maximum Gasteiger partial charge on any atom is 0.267 e. The SMILES string of the molecule is CCCCc1ccc(NC(=O)c2sc3ccccc3c2Cl)cc1. The molecule has 118 valence electrons. The Hall–Kier alpha value is -1.84. The first-order valence-electron chi connectivity index (χ1n) is 7.76. The van der Waals surface area contributed by atoms with Crippen molar-refractivity contribution in [2.24, 2.45) is 0 Å². The van der Waals surface area contributed by atoms with E-state index in [1.54, 1.807) is 0 Å². The molecule has 3 aromatic rings. The zero-order valence-electron chi connectivity index (χ0n) is 12.9. The van der Waals surface area contributed by atoms with E-state index < -0.39 is 0 Å². The maximum atomic E-state index is 12.5. The highest BCUT2D eigenvalue weighted by Gasteiger charge is 2.16. The lowest BCUT2D eigenvalue weighted by Crippen LogP contribution is -2.10. The van der Waals surface area contributed by atoms with Gasteiger partial charge in [0.05, 0.1) is 5.02 Å². The van der Waals surface area contributed by atoms with Crippen LogP contribution in [-0.2, 0) is 6.42 Å². The highest BCUT2D eigenvalue weighted by atomic mass is 35.5. The smallest absolute Gasteiger partial charge is 0.267 e. The fraction of sp³-hybridized carbons (Fsp3) is 0.211. The molecule has 0 saturated heterocycles. The molecule has 2 aromatic carbocycles. The lowest BCUT2D eigenvalue weighted by molar-refractivity contribution is 0.103. The summed E-state index contributed by atoms with van der Waals surface area (Å²) in [5.41, 5.74) is 2.09. The van der Waals surface area contributed by atoms with Gasteiger partial charge in [0.25, 0.3) is 5.91 Å². The zero-order chi connectivity index (χ0) is 16.2. The van der Waals surface area contributed by atoms with Gasteiger partial charge in [0, 0.05) is 15.8 Å². The van der Waals surface area contributed by atoms with Crippen LogP contribution in [0.1, 0.15) is 35.0 Å². The number of benzene rings is 2. The Kier molecular flexibility index (Phi) is 4.99. The molecule has 3 rings (SSSR count). The molecule has 0 bridgehead atoms. The van der Waals surface area contributed by atoms with Gasteiger partial charge in [-0.2, -0.15) is 0 Å². The summed E-state index contributed by atoms with van der Waals surface area (Å²) in [6.45, 7) is 2.18. The number of aryl methyl sites for hydroxylation is 1. The van der Waals surface area contributed by atoms with E-state index in [4.69, 9.17) is 11.6 Å². The number of unbranched alkanes of at least 4 members (excludes halogenated alkanes) is 1. The average Bonchev–Trinajstić information content (AvgIpc) is 2.92. The quantitative estimate of drug-likeness (QED) is 0.591. The molecule has 4 heteroatoms. The van der Waals surface area contributed by atoms with Crippen LogP contribution in [-0.4, -0.2) is 5.91 Å². The number of nitrogens with one attached hydrogen (secondary N) is 1. The molecule has 1 aromatic heterocycles. The lowest BCUT2D eigenvalue weighted by atomic mass is 10.1. The van der Waals surface area contributed by atoms with Crippen LogP contribution in [0.3, 0.4) is 0 Å². The van der Waals surface area contributed by atoms with Crippen LogP contribution in [0.2, 0.25) is 5.02 Å². The van der Waals surface area contributed by atoms with Crippen LogP contribution in [0.4, 0.5) is 5.69 Å². The van der Waals surface area contributed by atoms with Gasteiger partial charge in [0.1, 0.15) is 4.88 Å². The van der Waals surface area contributed by atoms with E-state index >= 15 is 0 Å². The van der Waals surface area contributed by atoms with Crippen molar-refractivity contribution in [3.8, 4) is 0 Å². The van der Waals surface area contributed by atoms with E-state index in [-0.39, 0.29) is 5.91 Å². The van der Waals surface area contributed by atoms with Gasteiger partial charge in [-0.1, -0.05) is 55.3 Å². The van der Waals surface area contributed by atoms with Gasteiger partial charge in [0.15, 0.2) is 0 Å². The van der Waals surface area contributed by atoms with E-state index in [1.807, 2.05) is 36.4 Å². The molecule has 0 aliphatic carbocycles. The summed E-state index contributed by atoms with van der Waals surface area (Å²) in [7, 11) is 0. The van der Waals surface area contributed by atoms with Gasteiger partial charge in [-0.3, -0.25) is 4.79 Å². The number of hydrogen-bond donors (Lipinski definition) is 1. The number of hydrogen-bond acceptors (Lipinski definition) is 2. The number of rotatable bonds is 5. The first-order valence-corrected chi connectivity index (χ1v) is 8.96. The molecule has 0 radical (unpaired) electrons. The minimum absolute atomic E-state index is 0.155. The molecular weight excluding hydrogens is 326 g/mol. The average molecular weight is 344 g/mol. The van der Waals surface area contributed by atoms with Crippen LogP contribution in [0, 0.1) is 0 Å². The van der Waals surface area contributed by atoms with Crippen LogP contribution >= 0.6 is 22.9 Å². The third-order valence-corrected chi connectivity index (χ3v) is 5.45. The fourth-order valence-corrected chi connectivity index (χ4v) is 3.90. The molecule has 0 unspecified atom stereocenters. The number of anilines is 1. The summed E-state index contributed by atoms with van der Waals surface area (Å²) in [6, 6.07) is 15.8. The van der Waals surface area contributed by atoms with E-state index in [0.717, 1.165) is 22.2 Å². The topological polar surface area (TPSA) is 29.1 Å². The summed E-state index contributed by atoms with van der Waals surface area (Å²) in [4.78, 5) is 13.0. The number of thiophene rings is 1. The van der Waals surface area contributed by atoms with Gasteiger partial charge in [0.2, 0.25) is 0 Å². The number of amides is 1. The van der Waals surface area contributed by atoms with Gasteiger partial charge in [-0.25, -0.2) is 0 Å². The second-order valence-electron chi connectivity index (χ2n) is 5.50. The highest BCUT2D eigenvalue weighted by molar-refractivity contribution is 7.21. The van der Waals surface area contributed by atoms with Crippen molar-refractivity contribution in [3.05, 3.63) is 64.0 Å². The normalized spacial score (nSPS) is 10.9. The molecule has 1 heterocycles. The Morgan fingerprint density at radius 2 is 1.87 bits per heavy atom. The van der Waals surface area contributed by atoms with Gasteiger partial charge >= 0.3 is 0 Å². The first kappa shape index (κ1) is 16.0. The van der Waals surface area contributed by atoms with E-state index in [0.29, 0.717) is 9.90 Å². The van der Waals surface area contributed by atoms with Gasteiger partial charge in [-0.05, 0) is 36.6 Å². The Bertz CT molecular complexity index is 823. The van der Waals surface area contributed by atoms with Crippen molar-refractivity contribution >= 4 is 44.6 Å². The van der Waals surface area contributed by atoms with Crippen molar-refractivity contribution in [3.63, 3.8) is 0 Å². The van der Waals surface area contributed by atoms with Gasteiger partial charge in [-0.15, -0.1) is 11.3 Å². The number of carbonyl (C=O) groups excluding carboxylic acids is 1. The molecule has 2 nitrogen and oxygen atoms in total. The minimum Gasteiger partial charge on any atom is -0.321 e. The highest BCUT2D eigenvalue weighted by Crippen LogP contribution is 2.35. The third-order valence-electron chi connectivity index (χ3n) is 3.77. The Labute approximate surface area is 145 Å². The van der Waals surface area contributed by atoms with Gasteiger partial charge < -0.3 is 5.32 Å². The fourth-order valence-electron chi connectivity index (χ4n) is 2.48. The van der Waals surface area contributed by atoms with E-state index in [1.165, 1.54) is 29.7 Å². The van der Waals surface area contributed by atoms with E-state index in [9.17, 15) is 4.79 Å². The molecule has 0 aliphatic heterocycles. The summed E-state index contributed by atoms with van der Waals surface area (Å²) in [6.07, 6.45) is 3.44. The molecule has 0 atom stereocenters. The number of carbonyl (C=O) groups is 1. The van der Waals surface area contributed by atoms with Crippen molar-refractivity contribution in [2.75, 3.05) is 5.32 Å². The molecular formula is C19H18ClNOS. The summed E-state index contributed by atoms with van der Waals surface area (Å²) in [5, 5.41) is 4.39.